The van der Waals surface area contributed by atoms with Crippen LogP contribution in [0.25, 0.3) is 0 Å². The first-order valence-electron chi connectivity index (χ1n) is 11.1. The van der Waals surface area contributed by atoms with Crippen molar-refractivity contribution in [2.45, 2.75) is 20.3 Å². The number of ether oxygens (including phenoxy) is 2. The Morgan fingerprint density at radius 3 is 2.58 bits per heavy atom. The number of piperazine rings is 1. The Bertz CT molecular complexity index is 1110. The molecule has 0 radical (unpaired) electrons. The topological polar surface area (TPSA) is 79.8 Å². The minimum absolute atomic E-state index is 0.0753. The quantitative estimate of drug-likeness (QED) is 0.599. The Morgan fingerprint density at radius 1 is 1.03 bits per heavy atom. The third kappa shape index (κ3) is 5.34. The smallest absolute Gasteiger partial charge is 0.321 e. The monoisotopic (exact) mass is 447 g/mol. The zero-order chi connectivity index (χ0) is 23.2. The highest BCUT2D eigenvalue weighted by molar-refractivity contribution is 5.90. The van der Waals surface area contributed by atoms with Gasteiger partial charge in [0.15, 0.2) is 11.5 Å². The molecule has 3 aromatic rings. The van der Waals surface area contributed by atoms with Crippen molar-refractivity contribution in [3.63, 3.8) is 0 Å². The molecule has 1 N–H and O–H groups in total. The Morgan fingerprint density at radius 2 is 1.82 bits per heavy atom. The van der Waals surface area contributed by atoms with Gasteiger partial charge in [-0.3, -0.25) is 0 Å². The molecule has 8 heteroatoms. The first-order chi connectivity index (χ1) is 16.1. The first-order valence-corrected chi connectivity index (χ1v) is 11.1. The number of hydrogen-bond acceptors (Lipinski definition) is 6. The number of hydrogen-bond donors (Lipinski definition) is 1. The van der Waals surface area contributed by atoms with Gasteiger partial charge in [-0.05, 0) is 42.7 Å². The number of nitrogens with zero attached hydrogens (tertiary/aromatic N) is 4. The Labute approximate surface area is 194 Å². The van der Waals surface area contributed by atoms with E-state index in [4.69, 9.17) is 9.47 Å². The van der Waals surface area contributed by atoms with Gasteiger partial charge in [0.2, 0.25) is 5.88 Å². The number of nitrogens with one attached hydrogen (secondary N) is 1. The third-order valence-corrected chi connectivity index (χ3v) is 5.69. The molecule has 0 unspecified atom stereocenters. The lowest BCUT2D eigenvalue weighted by atomic mass is 10.1. The summed E-state index contributed by atoms with van der Waals surface area (Å²) in [6.07, 6.45) is 2.36. The molecule has 0 atom stereocenters. The second-order valence-corrected chi connectivity index (χ2v) is 7.89. The van der Waals surface area contributed by atoms with Crippen LogP contribution in [0, 0.1) is 6.92 Å². The molecule has 0 saturated carbocycles. The highest BCUT2D eigenvalue weighted by atomic mass is 16.5. The van der Waals surface area contributed by atoms with Gasteiger partial charge in [0.1, 0.15) is 12.1 Å². The van der Waals surface area contributed by atoms with E-state index >= 15 is 0 Å². The molecular weight excluding hydrogens is 418 g/mol. The van der Waals surface area contributed by atoms with Crippen LogP contribution in [0.5, 0.6) is 17.4 Å². The van der Waals surface area contributed by atoms with Crippen molar-refractivity contribution in [3.8, 4) is 17.4 Å². The summed E-state index contributed by atoms with van der Waals surface area (Å²) < 4.78 is 11.4. The van der Waals surface area contributed by atoms with E-state index in [-0.39, 0.29) is 6.03 Å². The summed E-state index contributed by atoms with van der Waals surface area (Å²) in [4.78, 5) is 25.4. The molecule has 1 saturated heterocycles. The molecule has 0 bridgehead atoms. The lowest BCUT2D eigenvalue weighted by molar-refractivity contribution is 0.208. The molecule has 172 valence electrons. The van der Waals surface area contributed by atoms with E-state index in [0.717, 1.165) is 29.1 Å². The van der Waals surface area contributed by atoms with Gasteiger partial charge in [0.05, 0.1) is 7.11 Å². The van der Waals surface area contributed by atoms with E-state index in [9.17, 15) is 4.79 Å². The van der Waals surface area contributed by atoms with E-state index in [1.807, 2.05) is 60.4 Å². The van der Waals surface area contributed by atoms with E-state index < -0.39 is 0 Å². The number of aryl methyl sites for hydroxylation is 2. The highest BCUT2D eigenvalue weighted by Gasteiger charge is 2.23. The van der Waals surface area contributed by atoms with Gasteiger partial charge < -0.3 is 24.6 Å². The van der Waals surface area contributed by atoms with E-state index in [2.05, 4.69) is 27.1 Å². The number of anilines is 2. The fraction of sp³-hybridized carbons (Fsp3) is 0.320. The van der Waals surface area contributed by atoms with Gasteiger partial charge in [-0.15, -0.1) is 0 Å². The number of amides is 2. The van der Waals surface area contributed by atoms with Gasteiger partial charge >= 0.3 is 6.03 Å². The van der Waals surface area contributed by atoms with Crippen LogP contribution >= 0.6 is 0 Å². The third-order valence-electron chi connectivity index (χ3n) is 5.69. The molecule has 4 rings (SSSR count). The van der Waals surface area contributed by atoms with Crippen LogP contribution in [-0.4, -0.2) is 54.2 Å². The Balaban J connectivity index is 1.38. The summed E-state index contributed by atoms with van der Waals surface area (Å²) in [5.74, 6) is 2.46. The maximum absolute atomic E-state index is 12.8. The number of carbonyl (C=O) groups is 1. The molecule has 8 nitrogen and oxygen atoms in total. The van der Waals surface area contributed by atoms with Gasteiger partial charge in [-0.1, -0.05) is 31.2 Å². The molecule has 2 aromatic carbocycles. The van der Waals surface area contributed by atoms with Crippen molar-refractivity contribution in [2.24, 2.45) is 0 Å². The molecular formula is C25H29N5O3. The van der Waals surface area contributed by atoms with Crippen LogP contribution in [0.2, 0.25) is 0 Å². The van der Waals surface area contributed by atoms with Gasteiger partial charge in [0, 0.05) is 37.9 Å². The number of urea groups is 1. The second-order valence-electron chi connectivity index (χ2n) is 7.89. The minimum atomic E-state index is -0.0753. The van der Waals surface area contributed by atoms with Crippen LogP contribution < -0.4 is 19.7 Å². The number of methoxy groups -OCH3 is 1. The van der Waals surface area contributed by atoms with E-state index in [0.29, 0.717) is 43.6 Å². The standard InChI is InChI=1S/C25H29N5O3/c1-4-19-7-5-6-8-20(19)28-25(31)30-13-11-29(12-14-30)23-16-24(27-17-26-23)33-21-10-9-18(2)15-22(21)32-3/h5-10,15-17H,4,11-14H2,1-3H3,(H,28,31). The molecule has 2 amide bonds. The van der Waals surface area contributed by atoms with Crippen LogP contribution in [0.4, 0.5) is 16.3 Å². The zero-order valence-corrected chi connectivity index (χ0v) is 19.2. The molecule has 1 aliphatic rings. The highest BCUT2D eigenvalue weighted by Crippen LogP contribution is 2.32. The molecule has 1 aliphatic heterocycles. The molecule has 33 heavy (non-hydrogen) atoms. The fourth-order valence-corrected chi connectivity index (χ4v) is 3.81. The van der Waals surface area contributed by atoms with E-state index in [1.165, 1.54) is 6.33 Å². The summed E-state index contributed by atoms with van der Waals surface area (Å²) in [6, 6.07) is 15.4. The molecule has 1 fully saturated rings. The van der Waals surface area contributed by atoms with Crippen molar-refractivity contribution < 1.29 is 14.3 Å². The predicted octanol–water partition coefficient (Wildman–Crippen LogP) is 4.50. The number of aromatic nitrogens is 2. The number of para-hydroxylation sites is 1. The maximum Gasteiger partial charge on any atom is 0.321 e. The van der Waals surface area contributed by atoms with Crippen LogP contribution in [0.3, 0.4) is 0 Å². The van der Waals surface area contributed by atoms with Crippen molar-refractivity contribution in [2.75, 3.05) is 43.5 Å². The fourth-order valence-electron chi connectivity index (χ4n) is 3.81. The summed E-state index contributed by atoms with van der Waals surface area (Å²) in [7, 11) is 1.61. The molecule has 0 aliphatic carbocycles. The maximum atomic E-state index is 12.8. The summed E-state index contributed by atoms with van der Waals surface area (Å²) in [5, 5.41) is 3.05. The van der Waals surface area contributed by atoms with Crippen LogP contribution in [0.1, 0.15) is 18.1 Å². The second kappa shape index (κ2) is 10.2. The summed E-state index contributed by atoms with van der Waals surface area (Å²) in [5.41, 5.74) is 3.09. The Hall–Kier alpha value is -3.81. The first kappa shape index (κ1) is 22.4. The van der Waals surface area contributed by atoms with Gasteiger partial charge in [-0.2, -0.15) is 0 Å². The summed E-state index contributed by atoms with van der Waals surface area (Å²) >= 11 is 0. The molecule has 1 aromatic heterocycles. The number of carbonyl (C=O) groups excluding carboxylic acids is 1. The average Bonchev–Trinajstić information content (AvgIpc) is 2.85. The van der Waals surface area contributed by atoms with E-state index in [1.54, 1.807) is 7.11 Å². The largest absolute Gasteiger partial charge is 0.493 e. The number of rotatable bonds is 6. The Kier molecular flexibility index (Phi) is 6.92. The zero-order valence-electron chi connectivity index (χ0n) is 19.2. The number of benzene rings is 2. The lowest BCUT2D eigenvalue weighted by Gasteiger charge is -2.35. The molecule has 2 heterocycles. The van der Waals surface area contributed by atoms with Gasteiger partial charge in [0.25, 0.3) is 0 Å². The van der Waals surface area contributed by atoms with Crippen molar-refractivity contribution in [1.29, 1.82) is 0 Å². The summed E-state index contributed by atoms with van der Waals surface area (Å²) in [6.45, 7) is 6.63. The average molecular weight is 448 g/mol. The van der Waals surface area contributed by atoms with Crippen molar-refractivity contribution >= 4 is 17.5 Å². The lowest BCUT2D eigenvalue weighted by Crippen LogP contribution is -2.50. The molecule has 0 spiro atoms. The van der Waals surface area contributed by atoms with Crippen molar-refractivity contribution in [3.05, 3.63) is 66.0 Å². The van der Waals surface area contributed by atoms with Gasteiger partial charge in [-0.25, -0.2) is 14.8 Å². The minimum Gasteiger partial charge on any atom is -0.493 e. The predicted molar refractivity (Wildman–Crippen MR) is 128 cm³/mol. The SMILES string of the molecule is CCc1ccccc1NC(=O)N1CCN(c2cc(Oc3ccc(C)cc3OC)ncn2)CC1. The van der Waals surface area contributed by atoms with Crippen LogP contribution in [-0.2, 0) is 6.42 Å². The van der Waals surface area contributed by atoms with Crippen LogP contribution in [0.15, 0.2) is 54.9 Å². The van der Waals surface area contributed by atoms with Crippen molar-refractivity contribution in [1.82, 2.24) is 14.9 Å². The normalized spacial score (nSPS) is 13.5.